The largest absolute Gasteiger partial charge is 0.479 e. The minimum Gasteiger partial charge on any atom is -0.479 e. The Labute approximate surface area is 142 Å². The molecule has 1 aliphatic rings. The molecular weight excluding hydrogens is 328 g/mol. The molecule has 0 unspecified atom stereocenters. The van der Waals surface area contributed by atoms with Crippen LogP contribution in [0.5, 0.6) is 5.75 Å². The van der Waals surface area contributed by atoms with Gasteiger partial charge >= 0.3 is 5.97 Å². The number of anilines is 1. The van der Waals surface area contributed by atoms with Crippen LogP contribution < -0.4 is 9.64 Å². The molecule has 0 radical (unpaired) electrons. The summed E-state index contributed by atoms with van der Waals surface area (Å²) in [6.07, 6.45) is -0.716. The van der Waals surface area contributed by atoms with Gasteiger partial charge in [0, 0.05) is 12.1 Å². The van der Waals surface area contributed by atoms with Gasteiger partial charge in [-0.05, 0) is 30.7 Å². The van der Waals surface area contributed by atoms with Crippen LogP contribution in [0.2, 0.25) is 0 Å². The third-order valence-electron chi connectivity index (χ3n) is 3.90. The standard InChI is InChI=1S/C17H14N2O6/c1-10-16(20)18(9-11-2-4-12(5-3-11)17(21)22)14-8-13(19(23)24)6-7-15(14)25-10/h2-8,10H,9H2,1H3,(H,21,22)/t10-/m0/s1. The number of benzene rings is 2. The smallest absolute Gasteiger partial charge is 0.335 e. The number of hydrogen-bond acceptors (Lipinski definition) is 5. The molecule has 2 aromatic carbocycles. The Bertz CT molecular complexity index is 862. The van der Waals surface area contributed by atoms with Gasteiger partial charge < -0.3 is 14.7 Å². The van der Waals surface area contributed by atoms with Gasteiger partial charge in [-0.15, -0.1) is 0 Å². The highest BCUT2D eigenvalue weighted by Crippen LogP contribution is 2.37. The number of carbonyl (C=O) groups excluding carboxylic acids is 1. The second kappa shape index (κ2) is 6.23. The first-order valence-electron chi connectivity index (χ1n) is 7.45. The molecule has 1 N–H and O–H groups in total. The number of nitrogens with zero attached hydrogens (tertiary/aromatic N) is 2. The van der Waals surface area contributed by atoms with E-state index >= 15 is 0 Å². The average Bonchev–Trinajstić information content (AvgIpc) is 2.59. The summed E-state index contributed by atoms with van der Waals surface area (Å²) in [5, 5.41) is 19.9. The van der Waals surface area contributed by atoms with E-state index in [0.717, 1.165) is 0 Å². The van der Waals surface area contributed by atoms with Crippen LogP contribution >= 0.6 is 0 Å². The molecule has 25 heavy (non-hydrogen) atoms. The van der Waals surface area contributed by atoms with Crippen molar-refractivity contribution in [1.82, 2.24) is 0 Å². The number of aromatic carboxylic acids is 1. The number of carboxylic acid groups (broad SMARTS) is 1. The Hall–Kier alpha value is -3.42. The lowest BCUT2D eigenvalue weighted by molar-refractivity contribution is -0.384. The summed E-state index contributed by atoms with van der Waals surface area (Å²) in [6.45, 7) is 1.76. The van der Waals surface area contributed by atoms with Gasteiger partial charge in [-0.2, -0.15) is 0 Å². The topological polar surface area (TPSA) is 110 Å². The number of carboxylic acids is 1. The Morgan fingerprint density at radius 1 is 1.28 bits per heavy atom. The normalized spacial score (nSPS) is 16.1. The van der Waals surface area contributed by atoms with E-state index in [-0.39, 0.29) is 23.7 Å². The number of carbonyl (C=O) groups is 2. The Kier molecular flexibility index (Phi) is 4.10. The van der Waals surface area contributed by atoms with Crippen molar-refractivity contribution in [2.75, 3.05) is 4.90 Å². The molecule has 0 fully saturated rings. The summed E-state index contributed by atoms with van der Waals surface area (Å²) in [5.74, 6) is -0.973. The molecule has 1 amide bonds. The van der Waals surface area contributed by atoms with Crippen molar-refractivity contribution in [2.45, 2.75) is 19.6 Å². The third-order valence-corrected chi connectivity index (χ3v) is 3.90. The second-order valence-electron chi connectivity index (χ2n) is 5.60. The molecule has 0 aliphatic carbocycles. The third kappa shape index (κ3) is 3.14. The van der Waals surface area contributed by atoms with Crippen LogP contribution in [0.25, 0.3) is 0 Å². The minimum absolute atomic E-state index is 0.140. The van der Waals surface area contributed by atoms with E-state index in [1.165, 1.54) is 35.2 Å². The first-order valence-corrected chi connectivity index (χ1v) is 7.45. The molecule has 0 spiro atoms. The molecule has 1 heterocycles. The van der Waals surface area contributed by atoms with E-state index in [0.29, 0.717) is 17.0 Å². The van der Waals surface area contributed by atoms with Crippen LogP contribution in [-0.2, 0) is 11.3 Å². The van der Waals surface area contributed by atoms with Crippen LogP contribution in [0.4, 0.5) is 11.4 Å². The Balaban J connectivity index is 1.97. The van der Waals surface area contributed by atoms with Gasteiger partial charge in [-0.25, -0.2) is 4.79 Å². The van der Waals surface area contributed by atoms with E-state index in [9.17, 15) is 19.7 Å². The highest BCUT2D eigenvalue weighted by molar-refractivity contribution is 6.00. The van der Waals surface area contributed by atoms with Crippen molar-refractivity contribution in [3.8, 4) is 5.75 Å². The molecule has 1 atom stereocenters. The molecular formula is C17H14N2O6. The van der Waals surface area contributed by atoms with Crippen molar-refractivity contribution < 1.29 is 24.4 Å². The maximum absolute atomic E-state index is 12.5. The van der Waals surface area contributed by atoms with Crippen LogP contribution in [0.1, 0.15) is 22.8 Å². The van der Waals surface area contributed by atoms with Crippen LogP contribution in [0, 0.1) is 10.1 Å². The van der Waals surface area contributed by atoms with Gasteiger partial charge in [0.05, 0.1) is 22.7 Å². The van der Waals surface area contributed by atoms with Crippen molar-refractivity contribution in [3.63, 3.8) is 0 Å². The maximum Gasteiger partial charge on any atom is 0.335 e. The zero-order chi connectivity index (χ0) is 18.1. The summed E-state index contributed by atoms with van der Waals surface area (Å²) in [5.41, 5.74) is 1.02. The molecule has 0 bridgehead atoms. The van der Waals surface area contributed by atoms with Crippen LogP contribution in [-0.4, -0.2) is 28.0 Å². The van der Waals surface area contributed by atoms with Gasteiger partial charge in [0.15, 0.2) is 6.10 Å². The summed E-state index contributed by atoms with van der Waals surface area (Å²) in [4.78, 5) is 35.3. The lowest BCUT2D eigenvalue weighted by Gasteiger charge is -2.32. The van der Waals surface area contributed by atoms with Crippen molar-refractivity contribution >= 4 is 23.3 Å². The number of ether oxygens (including phenoxy) is 1. The summed E-state index contributed by atoms with van der Waals surface area (Å²) < 4.78 is 5.51. The van der Waals surface area contributed by atoms with Crippen molar-refractivity contribution in [2.24, 2.45) is 0 Å². The quantitative estimate of drug-likeness (QED) is 0.675. The van der Waals surface area contributed by atoms with E-state index in [2.05, 4.69) is 0 Å². The molecule has 8 nitrogen and oxygen atoms in total. The fraction of sp³-hybridized carbons (Fsp3) is 0.176. The lowest BCUT2D eigenvalue weighted by Crippen LogP contribution is -2.44. The summed E-state index contributed by atoms with van der Waals surface area (Å²) >= 11 is 0. The average molecular weight is 342 g/mol. The monoisotopic (exact) mass is 342 g/mol. The molecule has 3 rings (SSSR count). The van der Waals surface area contributed by atoms with Gasteiger partial charge in [-0.1, -0.05) is 12.1 Å². The SMILES string of the molecule is C[C@@H]1Oc2ccc([N+](=O)[O-])cc2N(Cc2ccc(C(=O)O)cc2)C1=O. The second-order valence-corrected chi connectivity index (χ2v) is 5.60. The number of hydrogen-bond donors (Lipinski definition) is 1. The minimum atomic E-state index is -1.04. The number of rotatable bonds is 4. The number of nitro benzene ring substituents is 1. The molecule has 2 aromatic rings. The maximum atomic E-state index is 12.5. The molecule has 8 heteroatoms. The van der Waals surface area contributed by atoms with Gasteiger partial charge in [0.1, 0.15) is 5.75 Å². The predicted octanol–water partition coefficient (Wildman–Crippen LogP) is 2.61. The van der Waals surface area contributed by atoms with E-state index in [4.69, 9.17) is 9.84 Å². The summed E-state index contributed by atoms with van der Waals surface area (Å²) in [6, 6.07) is 10.2. The van der Waals surface area contributed by atoms with Crippen LogP contribution in [0.3, 0.4) is 0 Å². The Morgan fingerprint density at radius 2 is 1.96 bits per heavy atom. The van der Waals surface area contributed by atoms with Gasteiger partial charge in [0.25, 0.3) is 11.6 Å². The van der Waals surface area contributed by atoms with Crippen molar-refractivity contribution in [1.29, 1.82) is 0 Å². The summed E-state index contributed by atoms with van der Waals surface area (Å²) in [7, 11) is 0. The Morgan fingerprint density at radius 3 is 2.56 bits per heavy atom. The first-order chi connectivity index (χ1) is 11.9. The van der Waals surface area contributed by atoms with Gasteiger partial charge in [-0.3, -0.25) is 14.9 Å². The zero-order valence-electron chi connectivity index (χ0n) is 13.2. The number of non-ortho nitro benzene ring substituents is 1. The molecule has 0 aromatic heterocycles. The zero-order valence-corrected chi connectivity index (χ0v) is 13.2. The first kappa shape index (κ1) is 16.4. The number of amides is 1. The molecule has 1 aliphatic heterocycles. The highest BCUT2D eigenvalue weighted by atomic mass is 16.6. The lowest BCUT2D eigenvalue weighted by atomic mass is 10.1. The van der Waals surface area contributed by atoms with E-state index < -0.39 is 17.0 Å². The predicted molar refractivity (Wildman–Crippen MR) is 87.8 cm³/mol. The van der Waals surface area contributed by atoms with Crippen molar-refractivity contribution in [3.05, 3.63) is 63.7 Å². The fourth-order valence-electron chi connectivity index (χ4n) is 2.61. The highest BCUT2D eigenvalue weighted by Gasteiger charge is 2.32. The van der Waals surface area contributed by atoms with Gasteiger partial charge in [0.2, 0.25) is 0 Å². The van der Waals surface area contributed by atoms with Crippen LogP contribution in [0.15, 0.2) is 42.5 Å². The fourth-order valence-corrected chi connectivity index (χ4v) is 2.61. The number of nitro groups is 1. The van der Waals surface area contributed by atoms with E-state index in [1.54, 1.807) is 19.1 Å². The molecule has 128 valence electrons. The van der Waals surface area contributed by atoms with E-state index in [1.807, 2.05) is 0 Å². The number of fused-ring (bicyclic) bond motifs is 1. The molecule has 0 saturated heterocycles. The molecule has 0 saturated carbocycles.